The van der Waals surface area contributed by atoms with Crippen molar-refractivity contribution < 1.29 is 75.1 Å². The van der Waals surface area contributed by atoms with Crippen LogP contribution in [0.2, 0.25) is 105 Å². The number of allylic oxidation sites excluding steroid dienone is 5. The van der Waals surface area contributed by atoms with E-state index in [2.05, 4.69) is 160 Å². The largest absolute Gasteiger partial charge is 0.513 e. The molecular formula is C63H108O16Si5. The van der Waals surface area contributed by atoms with Gasteiger partial charge < -0.3 is 55.9 Å². The number of ether oxygens (including phenoxy) is 9. The van der Waals surface area contributed by atoms with Gasteiger partial charge in [-0.3, -0.25) is 0 Å². The van der Waals surface area contributed by atoms with Crippen LogP contribution in [0.3, 0.4) is 0 Å². The Bertz CT molecular complexity index is 2430. The highest BCUT2D eigenvalue weighted by Gasteiger charge is 2.70. The van der Waals surface area contributed by atoms with Gasteiger partial charge in [-0.1, -0.05) is 178 Å². The van der Waals surface area contributed by atoms with Crippen molar-refractivity contribution in [3.63, 3.8) is 0 Å². The van der Waals surface area contributed by atoms with Gasteiger partial charge in [0.1, 0.15) is 23.7 Å². The number of benzene rings is 1. The SMILES string of the molecule is CC[C@H](C)CC/C=C/C=C(\C)[C@H](C/C=C/C=C/C(=O)O[C@H]1[C@@H]2O[Si](C(C)(C)C)(C(C)(C)C)OC[C@H]2O[C@]2(OCc3cc(OC(=O)OCC[Si](C)(C)C)cc(OC(=O)OCC[Si](C)(C)C)c32)[C@@H]1OC(=O)OCC[Si](C)(C)C)O[Si](CC)(CC)CC. The topological polar surface area (TPSA) is 179 Å². The van der Waals surface area contributed by atoms with Crippen molar-refractivity contribution in [2.45, 2.75) is 257 Å². The number of carbonyl (C=O) groups is 4. The summed E-state index contributed by atoms with van der Waals surface area (Å²) in [5.41, 5.74) is 1.58. The minimum atomic E-state index is -3.39. The zero-order valence-electron chi connectivity index (χ0n) is 55.3. The highest BCUT2D eigenvalue weighted by molar-refractivity contribution is 6.77. The van der Waals surface area contributed by atoms with E-state index in [-0.39, 0.29) is 56.2 Å². The maximum absolute atomic E-state index is 14.7. The molecule has 476 valence electrons. The summed E-state index contributed by atoms with van der Waals surface area (Å²) >= 11 is 0. The van der Waals surface area contributed by atoms with Crippen LogP contribution in [0.25, 0.3) is 0 Å². The number of hydrogen-bond acceptors (Lipinski definition) is 16. The molecule has 1 aromatic carbocycles. The molecule has 0 N–H and O–H groups in total. The Labute approximate surface area is 510 Å². The van der Waals surface area contributed by atoms with E-state index in [1.54, 1.807) is 12.1 Å². The molecule has 0 unspecified atom stereocenters. The van der Waals surface area contributed by atoms with Crippen LogP contribution < -0.4 is 9.47 Å². The van der Waals surface area contributed by atoms with Gasteiger partial charge in [0.05, 0.1) is 44.7 Å². The highest BCUT2D eigenvalue weighted by Crippen LogP contribution is 2.59. The van der Waals surface area contributed by atoms with Gasteiger partial charge in [-0.25, -0.2) is 19.2 Å². The highest BCUT2D eigenvalue weighted by atomic mass is 28.4. The quantitative estimate of drug-likeness (QED) is 0.0193. The third-order valence-corrected chi connectivity index (χ3v) is 31.0. The molecule has 0 bridgehead atoms. The zero-order chi connectivity index (χ0) is 63.1. The van der Waals surface area contributed by atoms with Crippen LogP contribution in [0.5, 0.6) is 11.5 Å². The van der Waals surface area contributed by atoms with Gasteiger partial charge in [-0.2, -0.15) is 0 Å². The lowest BCUT2D eigenvalue weighted by atomic mass is 9.86. The van der Waals surface area contributed by atoms with Gasteiger partial charge >= 0.3 is 33.0 Å². The van der Waals surface area contributed by atoms with E-state index in [1.807, 2.05) is 12.2 Å². The van der Waals surface area contributed by atoms with Gasteiger partial charge in [-0.15, -0.1) is 0 Å². The van der Waals surface area contributed by atoms with Crippen molar-refractivity contribution in [3.8, 4) is 11.5 Å². The van der Waals surface area contributed by atoms with E-state index in [0.29, 0.717) is 36.0 Å². The van der Waals surface area contributed by atoms with Crippen LogP contribution in [0.15, 0.2) is 60.2 Å². The first kappa shape index (κ1) is 72.8. The second kappa shape index (κ2) is 31.0. The summed E-state index contributed by atoms with van der Waals surface area (Å²) in [5, 5.41) is -1.08. The van der Waals surface area contributed by atoms with Gasteiger partial charge in [0.15, 0.2) is 14.4 Å². The minimum Gasteiger partial charge on any atom is -0.452 e. The zero-order valence-corrected chi connectivity index (χ0v) is 60.3. The Morgan fingerprint density at radius 3 is 1.83 bits per heavy atom. The number of rotatable bonds is 28. The summed E-state index contributed by atoms with van der Waals surface area (Å²) in [6, 6.07) is 7.91. The minimum absolute atomic E-state index is 0.0262. The average Bonchev–Trinajstić information content (AvgIpc) is 1.29. The maximum Gasteiger partial charge on any atom is 0.513 e. The number of hydrogen-bond donors (Lipinski definition) is 0. The first-order valence-corrected chi connectivity index (χ1v) is 46.3. The Kier molecular flexibility index (Phi) is 26.9. The predicted molar refractivity (Wildman–Crippen MR) is 345 cm³/mol. The lowest BCUT2D eigenvalue weighted by molar-refractivity contribution is -0.373. The second-order valence-electron chi connectivity index (χ2n) is 28.8. The number of esters is 1. The van der Waals surface area contributed by atoms with Crippen molar-refractivity contribution in [2.24, 2.45) is 5.92 Å². The summed E-state index contributed by atoms with van der Waals surface area (Å²) in [6.45, 7) is 45.2. The second-order valence-corrected chi connectivity index (χ2v) is 55.1. The molecule has 16 nitrogen and oxygen atoms in total. The molecule has 0 aromatic heterocycles. The summed E-state index contributed by atoms with van der Waals surface area (Å²) in [4.78, 5) is 56.1. The fourth-order valence-corrected chi connectivity index (χ4v) is 20.6. The van der Waals surface area contributed by atoms with Crippen molar-refractivity contribution in [1.29, 1.82) is 0 Å². The molecule has 4 rings (SSSR count). The smallest absolute Gasteiger partial charge is 0.452 e. The average molecular weight is 1260 g/mol. The summed E-state index contributed by atoms with van der Waals surface area (Å²) in [5.74, 6) is -2.48. The van der Waals surface area contributed by atoms with Crippen LogP contribution in [0, 0.1) is 5.92 Å². The lowest BCUT2D eigenvalue weighted by Gasteiger charge is -2.59. The third kappa shape index (κ3) is 21.0. The molecule has 2 saturated heterocycles. The predicted octanol–water partition coefficient (Wildman–Crippen LogP) is 16.9. The van der Waals surface area contributed by atoms with Gasteiger partial charge in [0.2, 0.25) is 11.9 Å². The fourth-order valence-electron chi connectivity index (χ4n) is 10.6. The first-order chi connectivity index (χ1) is 39.0. The Balaban J connectivity index is 1.89. The molecule has 21 heteroatoms. The normalized spacial score (nSPS) is 22.2. The van der Waals surface area contributed by atoms with E-state index in [0.717, 1.165) is 43.0 Å². The van der Waals surface area contributed by atoms with Crippen LogP contribution in [0.4, 0.5) is 14.4 Å². The maximum atomic E-state index is 14.7. The standard InChI is InChI=1S/C63H108O16Si5/c1-22-46(5)32-28-26-29-33-47(6)50(78-83(23-2,24-3)25-4)34-30-27-31-35-53(64)75-56-55-52(45-72-84(79-55,61(7,8)9)62(10,11)12)77-63(57(56)76-60(67)70-38-41-82(19,20)21)54-48(44-71-63)42-49(73-58(65)68-36-39-80(13,14)15)43-51(54)74-59(66)69-37-40-81(16,17)18/h26-27,29-31,33,35,42-43,46,50,52,55-57H,22-25,28,32,34,36-41,44-45H2,1-21H3/b29-26+,30-27+,35-31+,47-33+/t46-,50-,52+,55+,56-,57+,63-/m0/s1. The molecule has 2 fully saturated rings. The molecule has 3 aliphatic heterocycles. The van der Waals surface area contributed by atoms with Crippen molar-refractivity contribution in [3.05, 3.63) is 71.4 Å². The van der Waals surface area contributed by atoms with Crippen molar-refractivity contribution in [1.82, 2.24) is 0 Å². The molecule has 84 heavy (non-hydrogen) atoms. The lowest BCUT2D eigenvalue weighted by Crippen LogP contribution is -2.73. The molecule has 0 amide bonds. The molecule has 1 aromatic rings. The monoisotopic (exact) mass is 1260 g/mol. The Hall–Kier alpha value is -3.66. The molecule has 0 saturated carbocycles. The van der Waals surface area contributed by atoms with E-state index < -0.39 is 106 Å². The summed E-state index contributed by atoms with van der Waals surface area (Å²) in [6.07, 6.45) is 8.74. The van der Waals surface area contributed by atoms with Crippen molar-refractivity contribution >= 4 is 65.5 Å². The van der Waals surface area contributed by atoms with E-state index in [1.165, 1.54) is 12.1 Å². The molecular weight excluding hydrogens is 1150 g/mol. The molecule has 0 radical (unpaired) electrons. The van der Waals surface area contributed by atoms with Crippen LogP contribution in [0.1, 0.15) is 120 Å². The van der Waals surface area contributed by atoms with Gasteiger partial charge in [-0.05, 0) is 85.6 Å². The summed E-state index contributed by atoms with van der Waals surface area (Å²) < 4.78 is 77.1. The van der Waals surface area contributed by atoms with E-state index in [4.69, 9.17) is 55.9 Å². The van der Waals surface area contributed by atoms with Gasteiger partial charge in [0, 0.05) is 46.4 Å². The molecule has 0 aliphatic carbocycles. The molecule has 3 heterocycles. The van der Waals surface area contributed by atoms with Crippen LogP contribution in [-0.2, 0) is 63.6 Å². The number of carbonyl (C=O) groups excluding carboxylic acids is 4. The van der Waals surface area contributed by atoms with Crippen LogP contribution in [-0.4, -0.2) is 122 Å². The molecule has 3 aliphatic rings. The first-order valence-electron chi connectivity index (χ1n) is 30.9. The fraction of sp³-hybridized carbons (Fsp3) is 0.714. The Morgan fingerprint density at radius 1 is 0.738 bits per heavy atom. The van der Waals surface area contributed by atoms with Gasteiger partial charge in [0.25, 0.3) is 0 Å². The molecule has 7 atom stereocenters. The van der Waals surface area contributed by atoms with Crippen molar-refractivity contribution in [2.75, 3.05) is 26.4 Å². The molecule has 1 spiro atoms. The summed E-state index contributed by atoms with van der Waals surface area (Å²) in [7, 11) is -10.3. The third-order valence-electron chi connectivity index (χ3n) is 16.1. The Morgan fingerprint density at radius 2 is 1.30 bits per heavy atom. The van der Waals surface area contributed by atoms with E-state index in [9.17, 15) is 19.2 Å². The van der Waals surface area contributed by atoms with E-state index >= 15 is 0 Å². The number of fused-ring (bicyclic) bond motifs is 3. The van der Waals surface area contributed by atoms with Crippen LogP contribution >= 0.6 is 0 Å².